The smallest absolute Gasteiger partial charge is 0.119 e. The Hall–Kier alpha value is -7.32. The number of rotatable bonds is 24. The van der Waals surface area contributed by atoms with Crippen LogP contribution in [0.1, 0.15) is 128 Å². The Morgan fingerprint density at radius 3 is 1.24 bits per heavy atom. The number of benzene rings is 4. The molecular formula is C64H70N4O4. The lowest BCUT2D eigenvalue weighted by molar-refractivity contribution is 0.306. The summed E-state index contributed by atoms with van der Waals surface area (Å²) in [5.41, 5.74) is 14.4. The predicted octanol–water partition coefficient (Wildman–Crippen LogP) is 17.4. The average Bonchev–Trinajstić information content (AvgIpc) is 4.23. The van der Waals surface area contributed by atoms with Crippen LogP contribution in [-0.4, -0.2) is 45.9 Å². The van der Waals surface area contributed by atoms with E-state index in [1.807, 2.05) is 0 Å². The number of aromatic amines is 1. The summed E-state index contributed by atoms with van der Waals surface area (Å²) in [6.07, 6.45) is 21.6. The van der Waals surface area contributed by atoms with Gasteiger partial charge in [0.05, 0.1) is 60.2 Å². The first kappa shape index (κ1) is 49.7. The Balaban J connectivity index is 1.40. The molecule has 8 nitrogen and oxygen atoms in total. The van der Waals surface area contributed by atoms with Gasteiger partial charge in [-0.05, 0) is 158 Å². The second-order valence-corrected chi connectivity index (χ2v) is 18.8. The van der Waals surface area contributed by atoms with Crippen LogP contribution >= 0.6 is 0 Å². The summed E-state index contributed by atoms with van der Waals surface area (Å²) in [5, 5.41) is 0. The Kier molecular flexibility index (Phi) is 17.0. The normalized spacial score (nSPS) is 11.8. The van der Waals surface area contributed by atoms with E-state index in [-0.39, 0.29) is 0 Å². The molecule has 0 atom stereocenters. The van der Waals surface area contributed by atoms with Crippen LogP contribution in [0.4, 0.5) is 0 Å². The zero-order valence-corrected chi connectivity index (χ0v) is 42.7. The van der Waals surface area contributed by atoms with Crippen molar-refractivity contribution >= 4 is 46.4 Å². The molecule has 370 valence electrons. The van der Waals surface area contributed by atoms with Crippen LogP contribution in [0.15, 0.2) is 127 Å². The highest BCUT2D eigenvalue weighted by Crippen LogP contribution is 2.48. The molecule has 0 fully saturated rings. The van der Waals surface area contributed by atoms with Gasteiger partial charge in [0.25, 0.3) is 0 Å². The van der Waals surface area contributed by atoms with Crippen molar-refractivity contribution in [2.24, 2.45) is 0 Å². The van der Waals surface area contributed by atoms with E-state index >= 15 is 0 Å². The minimum atomic E-state index is 0.676. The van der Waals surface area contributed by atoms with Gasteiger partial charge in [-0.3, -0.25) is 0 Å². The van der Waals surface area contributed by atoms with Gasteiger partial charge in [-0.25, -0.2) is 9.97 Å². The Morgan fingerprint density at radius 1 is 0.389 bits per heavy atom. The maximum atomic E-state index is 6.35. The van der Waals surface area contributed by atoms with Gasteiger partial charge >= 0.3 is 0 Å². The predicted molar refractivity (Wildman–Crippen MR) is 300 cm³/mol. The van der Waals surface area contributed by atoms with E-state index in [0.717, 1.165) is 184 Å². The molecule has 8 bridgehead atoms. The molecule has 0 spiro atoms. The van der Waals surface area contributed by atoms with E-state index in [1.54, 1.807) is 0 Å². The molecule has 4 aromatic carbocycles. The fraction of sp³-hybridized carbons (Fsp3) is 0.312. The molecule has 5 heterocycles. The van der Waals surface area contributed by atoms with E-state index in [9.17, 15) is 0 Å². The summed E-state index contributed by atoms with van der Waals surface area (Å²) in [5.74, 6) is 3.39. The summed E-state index contributed by atoms with van der Waals surface area (Å²) in [6.45, 7) is 11.6. The molecule has 0 saturated carbocycles. The van der Waals surface area contributed by atoms with Crippen molar-refractivity contribution in [3.05, 3.63) is 150 Å². The van der Waals surface area contributed by atoms with E-state index < -0.39 is 0 Å². The third-order valence-corrected chi connectivity index (χ3v) is 13.3. The van der Waals surface area contributed by atoms with Gasteiger partial charge in [-0.15, -0.1) is 0 Å². The molecule has 0 amide bonds. The monoisotopic (exact) mass is 959 g/mol. The highest BCUT2D eigenvalue weighted by Gasteiger charge is 2.26. The van der Waals surface area contributed by atoms with Crippen LogP contribution in [0, 0.1) is 0 Å². The average molecular weight is 959 g/mol. The number of H-pyrrole nitrogens is 1. The largest absolute Gasteiger partial charge is 0.494 e. The second kappa shape index (κ2) is 24.7. The molecule has 8 heteroatoms. The third kappa shape index (κ3) is 12.2. The molecule has 1 N–H and O–H groups in total. The lowest BCUT2D eigenvalue weighted by Gasteiger charge is -2.15. The second-order valence-electron chi connectivity index (χ2n) is 18.8. The van der Waals surface area contributed by atoms with Crippen molar-refractivity contribution in [1.82, 2.24) is 19.5 Å². The van der Waals surface area contributed by atoms with Crippen molar-refractivity contribution in [2.45, 2.75) is 105 Å². The van der Waals surface area contributed by atoms with E-state index in [1.165, 1.54) is 0 Å². The molecular weight excluding hydrogens is 889 g/mol. The zero-order chi connectivity index (χ0) is 49.5. The van der Waals surface area contributed by atoms with Crippen molar-refractivity contribution in [3.63, 3.8) is 0 Å². The molecule has 0 saturated heterocycles. The van der Waals surface area contributed by atoms with Gasteiger partial charge in [0.15, 0.2) is 0 Å². The van der Waals surface area contributed by atoms with Gasteiger partial charge < -0.3 is 28.5 Å². The zero-order valence-electron chi connectivity index (χ0n) is 42.7. The molecule has 9 rings (SSSR count). The minimum absolute atomic E-state index is 0.676. The minimum Gasteiger partial charge on any atom is -0.494 e. The molecule has 0 unspecified atom stereocenters. The molecule has 0 aliphatic carbocycles. The molecule has 2 aliphatic rings. The van der Waals surface area contributed by atoms with Crippen molar-refractivity contribution < 1.29 is 18.9 Å². The van der Waals surface area contributed by atoms with Gasteiger partial charge in [0, 0.05) is 33.4 Å². The third-order valence-electron chi connectivity index (χ3n) is 13.3. The Labute approximate surface area is 426 Å². The summed E-state index contributed by atoms with van der Waals surface area (Å²) in [6, 6.07) is 45.1. The van der Waals surface area contributed by atoms with E-state index in [0.29, 0.717) is 26.4 Å². The van der Waals surface area contributed by atoms with Crippen molar-refractivity contribution in [3.8, 4) is 62.1 Å². The fourth-order valence-corrected chi connectivity index (χ4v) is 9.43. The van der Waals surface area contributed by atoms with Crippen LogP contribution in [0.3, 0.4) is 0 Å². The first-order valence-electron chi connectivity index (χ1n) is 26.6. The van der Waals surface area contributed by atoms with E-state index in [2.05, 4.69) is 189 Å². The molecule has 3 aromatic heterocycles. The number of hydrogen-bond acceptors (Lipinski definition) is 6. The van der Waals surface area contributed by atoms with Crippen LogP contribution < -0.4 is 18.9 Å². The number of nitrogens with one attached hydrogen (secondary N) is 1. The number of unbranched alkanes of at least 4 members (excludes halogenated alkanes) is 8. The summed E-state index contributed by atoms with van der Waals surface area (Å²) in [4.78, 5) is 14.3. The highest BCUT2D eigenvalue weighted by atomic mass is 16.5. The molecule has 7 aromatic rings. The van der Waals surface area contributed by atoms with Crippen molar-refractivity contribution in [1.29, 1.82) is 0 Å². The summed E-state index contributed by atoms with van der Waals surface area (Å²) in [7, 11) is 0. The SMILES string of the molecule is CCCCCOc1ccc(-c2c(-c3ccc(OCCCCC)cc3)c3c(-c4ccc(OCCCCC)cc4)c4nc(cc5ccc(cc6nc(cc2n3-c2ccc(OCCCCC)cc2)C=C6)[nH]5)C=C4)cc1. The number of ether oxygens (including phenoxy) is 4. The lowest BCUT2D eigenvalue weighted by Crippen LogP contribution is -2.00. The molecule has 0 radical (unpaired) electrons. The molecule has 72 heavy (non-hydrogen) atoms. The first-order valence-corrected chi connectivity index (χ1v) is 26.6. The maximum absolute atomic E-state index is 6.35. The number of hydrogen-bond donors (Lipinski definition) is 1. The van der Waals surface area contributed by atoms with Crippen LogP contribution in [-0.2, 0) is 0 Å². The van der Waals surface area contributed by atoms with Crippen molar-refractivity contribution in [2.75, 3.05) is 26.4 Å². The number of nitrogens with zero attached hydrogens (tertiary/aromatic N) is 3. The van der Waals surface area contributed by atoms with E-state index in [4.69, 9.17) is 28.9 Å². The van der Waals surface area contributed by atoms with Gasteiger partial charge in [-0.1, -0.05) is 115 Å². The summed E-state index contributed by atoms with van der Waals surface area (Å²) < 4.78 is 27.7. The van der Waals surface area contributed by atoms with Crippen LogP contribution in [0.25, 0.3) is 85.4 Å². The fourth-order valence-electron chi connectivity index (χ4n) is 9.43. The summed E-state index contributed by atoms with van der Waals surface area (Å²) >= 11 is 0. The number of fused-ring (bicyclic) bond motifs is 8. The maximum Gasteiger partial charge on any atom is 0.119 e. The van der Waals surface area contributed by atoms with Crippen LogP contribution in [0.2, 0.25) is 0 Å². The Morgan fingerprint density at radius 2 is 0.778 bits per heavy atom. The molecule has 2 aliphatic heterocycles. The highest BCUT2D eigenvalue weighted by molar-refractivity contribution is 6.11. The Bertz CT molecular complexity index is 3110. The van der Waals surface area contributed by atoms with Gasteiger partial charge in [-0.2, -0.15) is 0 Å². The van der Waals surface area contributed by atoms with Gasteiger partial charge in [0.2, 0.25) is 0 Å². The van der Waals surface area contributed by atoms with Gasteiger partial charge in [0.1, 0.15) is 23.0 Å². The van der Waals surface area contributed by atoms with Crippen LogP contribution in [0.5, 0.6) is 23.0 Å². The lowest BCUT2D eigenvalue weighted by atomic mass is 9.93. The topological polar surface area (TPSA) is 83.4 Å². The first-order chi connectivity index (χ1) is 35.5. The number of aromatic nitrogens is 4. The standard InChI is InChI=1S/C64H70N4O4/c1-5-9-13-39-69-55-30-17-46(18-31-55)61-59-38-27-52(67-59)44-51-24-23-49(65-51)43-50-25-26-53(66-50)45-60-62(47-19-32-56(33-20-47)70-40-14-10-6-2)63(48-21-34-57(35-22-48)71-41-15-11-7-3)64(61)68(60)54-28-36-58(37-29-54)72-42-16-12-8-4/h17-38,43-45,65H,5-16,39-42H2,1-4H3. The quantitative estimate of drug-likeness (QED) is 0.0608.